The Morgan fingerprint density at radius 3 is 2.21 bits per heavy atom. The first kappa shape index (κ1) is 23.5. The number of carbonyl (C=O) groups excluding carboxylic acids is 3. The van der Waals surface area contributed by atoms with E-state index in [2.05, 4.69) is 10.6 Å². The van der Waals surface area contributed by atoms with Gasteiger partial charge in [0.25, 0.3) is 0 Å². The van der Waals surface area contributed by atoms with Gasteiger partial charge in [-0.25, -0.2) is 9.59 Å². The lowest BCUT2D eigenvalue weighted by atomic mass is 10.0. The molecule has 1 rings (SSSR count). The van der Waals surface area contributed by atoms with E-state index in [9.17, 15) is 14.4 Å². The Balaban J connectivity index is 2.85. The Morgan fingerprint density at radius 2 is 1.68 bits per heavy atom. The van der Waals surface area contributed by atoms with Gasteiger partial charge in [-0.3, -0.25) is 4.79 Å². The van der Waals surface area contributed by atoms with Gasteiger partial charge in [0.2, 0.25) is 5.91 Å². The normalized spacial score (nSPS) is 13.2. The molecule has 7 heteroatoms. The molecule has 0 saturated carbocycles. The molecule has 0 heterocycles. The lowest BCUT2D eigenvalue weighted by molar-refractivity contribution is -0.145. The van der Waals surface area contributed by atoms with Gasteiger partial charge in [0.15, 0.2) is 0 Å². The fourth-order valence-corrected chi connectivity index (χ4v) is 2.58. The largest absolute Gasteiger partial charge is 0.467 e. The van der Waals surface area contributed by atoms with Gasteiger partial charge < -0.3 is 20.1 Å². The summed E-state index contributed by atoms with van der Waals surface area (Å²) < 4.78 is 10.1. The van der Waals surface area contributed by atoms with E-state index in [1.165, 1.54) is 7.11 Å². The molecule has 0 aliphatic carbocycles. The molecule has 1 aromatic rings. The van der Waals surface area contributed by atoms with E-state index >= 15 is 0 Å². The number of nitrogens with one attached hydrogen (secondary N) is 2. The van der Waals surface area contributed by atoms with Crippen LogP contribution in [0.5, 0.6) is 0 Å². The average molecular weight is 392 g/mol. The van der Waals surface area contributed by atoms with Gasteiger partial charge in [-0.1, -0.05) is 50.1 Å². The van der Waals surface area contributed by atoms with Crippen molar-refractivity contribution in [1.82, 2.24) is 10.6 Å². The Kier molecular flexibility index (Phi) is 9.48. The quantitative estimate of drug-likeness (QED) is 0.630. The average Bonchev–Trinajstić information content (AvgIpc) is 2.63. The van der Waals surface area contributed by atoms with Crippen LogP contribution in [-0.2, 0) is 25.5 Å². The maximum atomic E-state index is 12.8. The SMILES string of the molecule is CCCC[C@H](NC(=O)OC(C)(C)C)C(=O)N[C@H](Cc1ccccc1)C(=O)OC. The van der Waals surface area contributed by atoms with Crippen molar-refractivity contribution < 1.29 is 23.9 Å². The molecule has 7 nitrogen and oxygen atoms in total. The highest BCUT2D eigenvalue weighted by Gasteiger charge is 2.28. The van der Waals surface area contributed by atoms with Crippen molar-refractivity contribution in [3.63, 3.8) is 0 Å². The van der Waals surface area contributed by atoms with Gasteiger partial charge >= 0.3 is 12.1 Å². The van der Waals surface area contributed by atoms with Crippen LogP contribution in [0.15, 0.2) is 30.3 Å². The van der Waals surface area contributed by atoms with E-state index in [-0.39, 0.29) is 0 Å². The van der Waals surface area contributed by atoms with Crippen molar-refractivity contribution in [2.75, 3.05) is 7.11 Å². The number of amides is 2. The number of methoxy groups -OCH3 is 1. The molecule has 0 fully saturated rings. The summed E-state index contributed by atoms with van der Waals surface area (Å²) in [5.74, 6) is -0.977. The van der Waals surface area contributed by atoms with Gasteiger partial charge in [0, 0.05) is 6.42 Å². The number of ether oxygens (including phenoxy) is 2. The third kappa shape index (κ3) is 8.88. The predicted molar refractivity (Wildman–Crippen MR) is 107 cm³/mol. The van der Waals surface area contributed by atoms with Gasteiger partial charge in [-0.15, -0.1) is 0 Å². The predicted octanol–water partition coefficient (Wildman–Crippen LogP) is 2.97. The molecule has 0 spiro atoms. The molecular formula is C21H32N2O5. The summed E-state index contributed by atoms with van der Waals surface area (Å²) in [4.78, 5) is 37.0. The van der Waals surface area contributed by atoms with Crippen LogP contribution in [0.4, 0.5) is 4.79 Å². The fourth-order valence-electron chi connectivity index (χ4n) is 2.58. The molecule has 0 bridgehead atoms. The Hall–Kier alpha value is -2.57. The number of unbranched alkanes of at least 4 members (excludes halogenated alkanes) is 1. The van der Waals surface area contributed by atoms with Crippen LogP contribution < -0.4 is 10.6 Å². The first-order chi connectivity index (χ1) is 13.2. The number of carbonyl (C=O) groups is 3. The Bertz CT molecular complexity index is 640. The molecule has 0 aliphatic rings. The maximum Gasteiger partial charge on any atom is 0.408 e. The minimum absolute atomic E-state index is 0.298. The number of benzene rings is 1. The summed E-state index contributed by atoms with van der Waals surface area (Å²) in [7, 11) is 1.28. The summed E-state index contributed by atoms with van der Waals surface area (Å²) in [5.41, 5.74) is 0.223. The zero-order valence-corrected chi connectivity index (χ0v) is 17.4. The third-order valence-corrected chi connectivity index (χ3v) is 3.94. The topological polar surface area (TPSA) is 93.7 Å². The van der Waals surface area contributed by atoms with E-state index in [1.807, 2.05) is 37.3 Å². The highest BCUT2D eigenvalue weighted by atomic mass is 16.6. The summed E-state index contributed by atoms with van der Waals surface area (Å²) in [6, 6.07) is 7.70. The van der Waals surface area contributed by atoms with E-state index in [1.54, 1.807) is 20.8 Å². The van der Waals surface area contributed by atoms with Crippen LogP contribution in [0.25, 0.3) is 0 Å². The van der Waals surface area contributed by atoms with Crippen LogP contribution in [0.3, 0.4) is 0 Å². The van der Waals surface area contributed by atoms with E-state index in [0.29, 0.717) is 12.8 Å². The van der Waals surface area contributed by atoms with Crippen LogP contribution in [0.1, 0.15) is 52.5 Å². The molecule has 1 aromatic carbocycles. The lowest BCUT2D eigenvalue weighted by Gasteiger charge is -2.25. The molecule has 2 atom stereocenters. The number of hydrogen-bond acceptors (Lipinski definition) is 5. The maximum absolute atomic E-state index is 12.8. The van der Waals surface area contributed by atoms with E-state index in [4.69, 9.17) is 9.47 Å². The smallest absolute Gasteiger partial charge is 0.408 e. The molecule has 28 heavy (non-hydrogen) atoms. The molecule has 156 valence electrons. The van der Waals surface area contributed by atoms with Gasteiger partial charge in [0.1, 0.15) is 17.7 Å². The third-order valence-electron chi connectivity index (χ3n) is 3.94. The molecule has 0 aromatic heterocycles. The summed E-state index contributed by atoms with van der Waals surface area (Å²) in [6.07, 6.45) is 1.69. The summed E-state index contributed by atoms with van der Waals surface area (Å²) >= 11 is 0. The van der Waals surface area contributed by atoms with Crippen molar-refractivity contribution in [2.24, 2.45) is 0 Å². The molecule has 2 N–H and O–H groups in total. The Labute approximate surface area is 167 Å². The summed E-state index contributed by atoms with van der Waals surface area (Å²) in [5, 5.41) is 5.32. The van der Waals surface area contributed by atoms with Crippen LogP contribution in [0, 0.1) is 0 Å². The van der Waals surface area contributed by atoms with Crippen LogP contribution in [-0.4, -0.2) is 42.8 Å². The highest BCUT2D eigenvalue weighted by molar-refractivity contribution is 5.89. The second-order valence-corrected chi connectivity index (χ2v) is 7.62. The van der Waals surface area contributed by atoms with Crippen molar-refractivity contribution >= 4 is 18.0 Å². The van der Waals surface area contributed by atoms with Crippen molar-refractivity contribution in [2.45, 2.75) is 71.1 Å². The van der Waals surface area contributed by atoms with Gasteiger partial charge in [-0.2, -0.15) is 0 Å². The molecule has 0 saturated heterocycles. The second-order valence-electron chi connectivity index (χ2n) is 7.62. The van der Waals surface area contributed by atoms with E-state index < -0.39 is 35.7 Å². The minimum atomic E-state index is -0.843. The van der Waals surface area contributed by atoms with Crippen LogP contribution in [0.2, 0.25) is 0 Å². The number of esters is 1. The number of rotatable bonds is 9. The highest BCUT2D eigenvalue weighted by Crippen LogP contribution is 2.10. The lowest BCUT2D eigenvalue weighted by Crippen LogP contribution is -2.53. The fraction of sp³-hybridized carbons (Fsp3) is 0.571. The van der Waals surface area contributed by atoms with Crippen molar-refractivity contribution in [1.29, 1.82) is 0 Å². The number of alkyl carbamates (subject to hydrolysis) is 1. The van der Waals surface area contributed by atoms with Gasteiger partial charge in [0.05, 0.1) is 7.11 Å². The van der Waals surface area contributed by atoms with E-state index in [0.717, 1.165) is 18.4 Å². The van der Waals surface area contributed by atoms with Gasteiger partial charge in [-0.05, 0) is 32.8 Å². The Morgan fingerprint density at radius 1 is 1.04 bits per heavy atom. The molecule has 0 radical (unpaired) electrons. The standard InChI is InChI=1S/C21H32N2O5/c1-6-7-13-16(23-20(26)28-21(2,3)4)18(24)22-17(19(25)27-5)14-15-11-9-8-10-12-15/h8-12,16-17H,6-7,13-14H2,1-5H3,(H,22,24)(H,23,26)/t16-,17+/m0/s1. The number of hydrogen-bond donors (Lipinski definition) is 2. The first-order valence-electron chi connectivity index (χ1n) is 9.58. The zero-order chi connectivity index (χ0) is 21.2. The monoisotopic (exact) mass is 392 g/mol. The minimum Gasteiger partial charge on any atom is -0.467 e. The molecule has 0 aliphatic heterocycles. The molecule has 0 unspecified atom stereocenters. The van der Waals surface area contributed by atoms with Crippen LogP contribution >= 0.6 is 0 Å². The summed E-state index contributed by atoms with van der Waals surface area (Å²) in [6.45, 7) is 7.25. The second kappa shape index (κ2) is 11.3. The zero-order valence-electron chi connectivity index (χ0n) is 17.4. The molecule has 2 amide bonds. The first-order valence-corrected chi connectivity index (χ1v) is 9.58. The van der Waals surface area contributed by atoms with Crippen molar-refractivity contribution in [3.05, 3.63) is 35.9 Å². The van der Waals surface area contributed by atoms with Crippen molar-refractivity contribution in [3.8, 4) is 0 Å². The molecular weight excluding hydrogens is 360 g/mol.